The molecule has 1 aliphatic heterocycles. The van der Waals surface area contributed by atoms with Crippen LogP contribution in [-0.2, 0) is 9.59 Å². The normalized spacial score (nSPS) is 29.9. The molecule has 0 radical (unpaired) electrons. The molecule has 1 fully saturated rings. The number of amides is 1. The van der Waals surface area contributed by atoms with Gasteiger partial charge >= 0.3 is 5.97 Å². The van der Waals surface area contributed by atoms with Crippen molar-refractivity contribution < 1.29 is 14.7 Å². The number of hydrogen-bond acceptors (Lipinski definition) is 3. The van der Waals surface area contributed by atoms with E-state index in [1.807, 2.05) is 12.2 Å². The van der Waals surface area contributed by atoms with Gasteiger partial charge in [0.2, 0.25) is 5.91 Å². The Bertz CT molecular complexity index is 345. The molecular formula is C11H16N2O3. The van der Waals surface area contributed by atoms with Crippen LogP contribution in [0, 0.1) is 5.92 Å². The molecule has 1 aliphatic carbocycles. The van der Waals surface area contributed by atoms with Gasteiger partial charge in [-0.2, -0.15) is 0 Å². The molecule has 5 heteroatoms. The Morgan fingerprint density at radius 2 is 2.00 bits per heavy atom. The maximum atomic E-state index is 12.0. The van der Waals surface area contributed by atoms with E-state index in [2.05, 4.69) is 0 Å². The van der Waals surface area contributed by atoms with Crippen molar-refractivity contribution in [1.82, 2.24) is 4.90 Å². The van der Waals surface area contributed by atoms with Gasteiger partial charge in [0, 0.05) is 19.0 Å². The summed E-state index contributed by atoms with van der Waals surface area (Å²) in [7, 11) is 0. The van der Waals surface area contributed by atoms with Crippen molar-refractivity contribution >= 4 is 11.9 Å². The number of carbonyl (C=O) groups is 2. The molecule has 0 aromatic rings. The Morgan fingerprint density at radius 1 is 1.38 bits per heavy atom. The summed E-state index contributed by atoms with van der Waals surface area (Å²) in [6.07, 6.45) is 5.85. The molecular weight excluding hydrogens is 208 g/mol. The number of nitrogens with two attached hydrogens (primary N) is 1. The zero-order valence-corrected chi connectivity index (χ0v) is 9.06. The molecule has 0 bridgehead atoms. The zero-order chi connectivity index (χ0) is 11.8. The molecule has 88 valence electrons. The highest BCUT2D eigenvalue weighted by molar-refractivity contribution is 5.84. The van der Waals surface area contributed by atoms with E-state index in [1.54, 1.807) is 4.90 Å². The number of likely N-dealkylation sites (tertiary alicyclic amines) is 1. The lowest BCUT2D eigenvalue weighted by Crippen LogP contribution is -2.51. The van der Waals surface area contributed by atoms with E-state index in [0.717, 1.165) is 12.8 Å². The van der Waals surface area contributed by atoms with Crippen molar-refractivity contribution in [1.29, 1.82) is 0 Å². The Hall–Kier alpha value is -1.36. The number of carboxylic acids is 1. The van der Waals surface area contributed by atoms with E-state index in [1.165, 1.54) is 0 Å². The van der Waals surface area contributed by atoms with Gasteiger partial charge in [-0.15, -0.1) is 0 Å². The van der Waals surface area contributed by atoms with E-state index in [9.17, 15) is 9.59 Å². The fraction of sp³-hybridized carbons (Fsp3) is 0.636. The maximum Gasteiger partial charge on any atom is 0.325 e. The van der Waals surface area contributed by atoms with Gasteiger partial charge in [0.05, 0.1) is 0 Å². The first-order valence-corrected chi connectivity index (χ1v) is 5.49. The highest BCUT2D eigenvalue weighted by Gasteiger charge is 2.43. The Kier molecular flexibility index (Phi) is 2.71. The first-order valence-electron chi connectivity index (χ1n) is 5.49. The second kappa shape index (κ2) is 3.90. The van der Waals surface area contributed by atoms with Gasteiger partial charge in [-0.3, -0.25) is 9.59 Å². The first-order chi connectivity index (χ1) is 7.53. The first kappa shape index (κ1) is 11.1. The molecule has 1 unspecified atom stereocenters. The summed E-state index contributed by atoms with van der Waals surface area (Å²) in [5, 5.41) is 8.96. The third-order valence-electron chi connectivity index (χ3n) is 3.40. The van der Waals surface area contributed by atoms with Gasteiger partial charge in [-0.25, -0.2) is 0 Å². The van der Waals surface area contributed by atoms with E-state index < -0.39 is 11.5 Å². The standard InChI is InChI=1S/C11H16N2O3/c12-11(10(15)16)5-6-13(7-11)9(14)8-3-1-2-4-8/h1-2,8H,3-7,12H2,(H,15,16). The van der Waals surface area contributed by atoms with Crippen molar-refractivity contribution in [2.24, 2.45) is 11.7 Å². The molecule has 0 aromatic heterocycles. The SMILES string of the molecule is NC1(C(=O)O)CCN(C(=O)C2CC=CC2)C1. The van der Waals surface area contributed by atoms with E-state index >= 15 is 0 Å². The summed E-state index contributed by atoms with van der Waals surface area (Å²) in [4.78, 5) is 24.5. The second-order valence-electron chi connectivity index (χ2n) is 4.61. The number of carbonyl (C=O) groups excluding carboxylic acids is 1. The largest absolute Gasteiger partial charge is 0.480 e. The van der Waals surface area contributed by atoms with Crippen molar-refractivity contribution in [3.05, 3.63) is 12.2 Å². The fourth-order valence-corrected chi connectivity index (χ4v) is 2.27. The summed E-state index contributed by atoms with van der Waals surface area (Å²) in [5.41, 5.74) is 4.47. The minimum atomic E-state index is -1.25. The molecule has 0 spiro atoms. The van der Waals surface area contributed by atoms with Crippen LogP contribution in [0.5, 0.6) is 0 Å². The number of rotatable bonds is 2. The van der Waals surface area contributed by atoms with Gasteiger partial charge in [-0.05, 0) is 19.3 Å². The third kappa shape index (κ3) is 1.82. The van der Waals surface area contributed by atoms with Crippen LogP contribution in [0.1, 0.15) is 19.3 Å². The summed E-state index contributed by atoms with van der Waals surface area (Å²) >= 11 is 0. The quantitative estimate of drug-likeness (QED) is 0.645. The summed E-state index contributed by atoms with van der Waals surface area (Å²) < 4.78 is 0. The molecule has 0 aromatic carbocycles. The van der Waals surface area contributed by atoms with Crippen LogP contribution >= 0.6 is 0 Å². The lowest BCUT2D eigenvalue weighted by Gasteiger charge is -2.22. The molecule has 1 saturated heterocycles. The minimum Gasteiger partial charge on any atom is -0.480 e. The number of allylic oxidation sites excluding steroid dienone is 2. The smallest absolute Gasteiger partial charge is 0.325 e. The molecule has 2 rings (SSSR count). The number of carboxylic acid groups (broad SMARTS) is 1. The van der Waals surface area contributed by atoms with Gasteiger partial charge in [0.1, 0.15) is 5.54 Å². The molecule has 0 saturated carbocycles. The summed E-state index contributed by atoms with van der Waals surface area (Å²) in [6.45, 7) is 0.593. The van der Waals surface area contributed by atoms with E-state index in [4.69, 9.17) is 10.8 Å². The average molecular weight is 224 g/mol. The van der Waals surface area contributed by atoms with Gasteiger partial charge in [-0.1, -0.05) is 12.2 Å². The Morgan fingerprint density at radius 3 is 2.50 bits per heavy atom. The lowest BCUT2D eigenvalue weighted by molar-refractivity contribution is -0.143. The monoisotopic (exact) mass is 224 g/mol. The molecule has 1 atom stereocenters. The molecule has 3 N–H and O–H groups in total. The van der Waals surface area contributed by atoms with Crippen molar-refractivity contribution in [2.75, 3.05) is 13.1 Å². The van der Waals surface area contributed by atoms with Crippen LogP contribution in [-0.4, -0.2) is 40.5 Å². The topological polar surface area (TPSA) is 83.6 Å². The molecule has 16 heavy (non-hydrogen) atoms. The van der Waals surface area contributed by atoms with Crippen molar-refractivity contribution in [3.63, 3.8) is 0 Å². The van der Waals surface area contributed by atoms with Gasteiger partial charge in [0.25, 0.3) is 0 Å². The lowest BCUT2D eigenvalue weighted by atomic mass is 10.0. The Labute approximate surface area is 93.9 Å². The Balaban J connectivity index is 1.98. The summed E-state index contributed by atoms with van der Waals surface area (Å²) in [6, 6.07) is 0. The summed E-state index contributed by atoms with van der Waals surface area (Å²) in [5.74, 6) is -0.984. The number of hydrogen-bond donors (Lipinski definition) is 2. The predicted molar refractivity (Wildman–Crippen MR) is 57.6 cm³/mol. The second-order valence-corrected chi connectivity index (χ2v) is 4.61. The van der Waals surface area contributed by atoms with Crippen molar-refractivity contribution in [2.45, 2.75) is 24.8 Å². The molecule has 2 aliphatic rings. The third-order valence-corrected chi connectivity index (χ3v) is 3.40. The van der Waals surface area contributed by atoms with Crippen LogP contribution in [0.4, 0.5) is 0 Å². The molecule has 5 nitrogen and oxygen atoms in total. The maximum absolute atomic E-state index is 12.0. The zero-order valence-electron chi connectivity index (χ0n) is 9.06. The predicted octanol–water partition coefficient (Wildman–Crippen LogP) is -0.0330. The molecule has 1 amide bonds. The highest BCUT2D eigenvalue weighted by atomic mass is 16.4. The fourth-order valence-electron chi connectivity index (χ4n) is 2.27. The van der Waals surface area contributed by atoms with Gasteiger partial charge in [0.15, 0.2) is 0 Å². The van der Waals surface area contributed by atoms with Crippen LogP contribution < -0.4 is 5.73 Å². The van der Waals surface area contributed by atoms with Crippen LogP contribution in [0.2, 0.25) is 0 Å². The molecule has 1 heterocycles. The number of nitrogens with zero attached hydrogens (tertiary/aromatic N) is 1. The number of aliphatic carboxylic acids is 1. The highest BCUT2D eigenvalue weighted by Crippen LogP contribution is 2.25. The van der Waals surface area contributed by atoms with Crippen LogP contribution in [0.15, 0.2) is 12.2 Å². The van der Waals surface area contributed by atoms with Crippen LogP contribution in [0.3, 0.4) is 0 Å². The van der Waals surface area contributed by atoms with Gasteiger partial charge < -0.3 is 15.7 Å². The minimum absolute atomic E-state index is 0.00357. The van der Waals surface area contributed by atoms with Crippen LogP contribution in [0.25, 0.3) is 0 Å². The van der Waals surface area contributed by atoms with E-state index in [0.29, 0.717) is 13.0 Å². The average Bonchev–Trinajstić information content (AvgIpc) is 2.85. The van der Waals surface area contributed by atoms with Crippen molar-refractivity contribution in [3.8, 4) is 0 Å². The van der Waals surface area contributed by atoms with E-state index in [-0.39, 0.29) is 18.4 Å².